The van der Waals surface area contributed by atoms with Crippen LogP contribution in [-0.4, -0.2) is 47.6 Å². The Bertz CT molecular complexity index is 297. The zero-order valence-corrected chi connectivity index (χ0v) is 8.85. The van der Waals surface area contributed by atoms with E-state index in [1.807, 2.05) is 0 Å². The van der Waals surface area contributed by atoms with E-state index in [4.69, 9.17) is 9.47 Å². The molecule has 2 N–H and O–H groups in total. The topological polar surface area (TPSA) is 89.1 Å². The number of H-pyrrole nitrogens is 1. The molecule has 15 heavy (non-hydrogen) atoms. The summed E-state index contributed by atoms with van der Waals surface area (Å²) in [6.07, 6.45) is 0.779. The van der Waals surface area contributed by atoms with E-state index < -0.39 is 6.29 Å². The Morgan fingerprint density at radius 1 is 1.53 bits per heavy atom. The highest BCUT2D eigenvalue weighted by Crippen LogP contribution is 1.99. The molecular weight excluding hydrogens is 200 g/mol. The van der Waals surface area contributed by atoms with Gasteiger partial charge in [-0.15, -0.1) is 0 Å². The van der Waals surface area contributed by atoms with Gasteiger partial charge in [0.25, 0.3) is 5.91 Å². The van der Waals surface area contributed by atoms with Crippen LogP contribution in [-0.2, 0) is 9.47 Å². The Morgan fingerprint density at radius 3 is 2.67 bits per heavy atom. The van der Waals surface area contributed by atoms with Gasteiger partial charge < -0.3 is 14.8 Å². The molecule has 0 fully saturated rings. The summed E-state index contributed by atoms with van der Waals surface area (Å²) in [4.78, 5) is 15.2. The summed E-state index contributed by atoms with van der Waals surface area (Å²) in [6.45, 7) is 1.77. The molecular formula is C8H14N4O3. The number of nitrogens with zero attached hydrogens (tertiary/aromatic N) is 2. The lowest BCUT2D eigenvalue weighted by Gasteiger charge is -2.21. The molecule has 1 aromatic heterocycles. The van der Waals surface area contributed by atoms with Crippen molar-refractivity contribution >= 4 is 5.91 Å². The first kappa shape index (κ1) is 11.6. The second kappa shape index (κ2) is 5.42. The number of hydrogen-bond donors (Lipinski definition) is 2. The Kier molecular flexibility index (Phi) is 4.19. The third kappa shape index (κ3) is 3.00. The number of hydrogen-bond acceptors (Lipinski definition) is 5. The third-order valence-electron chi connectivity index (χ3n) is 1.86. The Hall–Kier alpha value is -1.47. The number of ether oxygens (including phenoxy) is 2. The van der Waals surface area contributed by atoms with Crippen LogP contribution in [0.15, 0.2) is 6.33 Å². The first-order valence-electron chi connectivity index (χ1n) is 4.40. The lowest BCUT2D eigenvalue weighted by atomic mass is 10.3. The normalized spacial score (nSPS) is 12.8. The van der Waals surface area contributed by atoms with Gasteiger partial charge in [0.1, 0.15) is 6.33 Å². The number of methoxy groups -OCH3 is 2. The Labute approximate surface area is 87.2 Å². The molecule has 1 atom stereocenters. The van der Waals surface area contributed by atoms with Crippen LogP contribution in [0.1, 0.15) is 17.5 Å². The molecule has 84 valence electrons. The molecule has 0 spiro atoms. The van der Waals surface area contributed by atoms with Crippen LogP contribution < -0.4 is 5.32 Å². The van der Waals surface area contributed by atoms with E-state index in [2.05, 4.69) is 20.5 Å². The van der Waals surface area contributed by atoms with Gasteiger partial charge in [-0.1, -0.05) is 0 Å². The SMILES string of the molecule is COC(OC)C(C)NC(=O)c1ncn[nH]1. The molecule has 1 aromatic rings. The van der Waals surface area contributed by atoms with Crippen molar-refractivity contribution in [3.8, 4) is 0 Å². The Morgan fingerprint density at radius 2 is 2.20 bits per heavy atom. The molecule has 7 nitrogen and oxygen atoms in total. The molecule has 7 heteroatoms. The molecule has 1 rings (SSSR count). The van der Waals surface area contributed by atoms with E-state index in [9.17, 15) is 4.79 Å². The molecule has 1 heterocycles. The van der Waals surface area contributed by atoms with Gasteiger partial charge in [-0.2, -0.15) is 5.10 Å². The van der Waals surface area contributed by atoms with Gasteiger partial charge in [-0.3, -0.25) is 9.89 Å². The first-order chi connectivity index (χ1) is 7.19. The second-order valence-corrected chi connectivity index (χ2v) is 2.94. The summed E-state index contributed by atoms with van der Waals surface area (Å²) in [5, 5.41) is 8.70. The van der Waals surface area contributed by atoms with Crippen LogP contribution >= 0.6 is 0 Å². The van der Waals surface area contributed by atoms with Gasteiger partial charge in [0.15, 0.2) is 6.29 Å². The van der Waals surface area contributed by atoms with Gasteiger partial charge in [0, 0.05) is 14.2 Å². The molecule has 0 aliphatic carbocycles. The number of aromatic nitrogens is 3. The van der Waals surface area contributed by atoms with Crippen molar-refractivity contribution in [2.24, 2.45) is 0 Å². The number of rotatable bonds is 5. The predicted octanol–water partition coefficient (Wildman–Crippen LogP) is -0.458. The lowest BCUT2D eigenvalue weighted by Crippen LogP contribution is -2.43. The highest BCUT2D eigenvalue weighted by Gasteiger charge is 2.19. The van der Waals surface area contributed by atoms with E-state index in [0.29, 0.717) is 0 Å². The van der Waals surface area contributed by atoms with Gasteiger partial charge >= 0.3 is 0 Å². The smallest absolute Gasteiger partial charge is 0.288 e. The summed E-state index contributed by atoms with van der Waals surface area (Å²) in [7, 11) is 3.01. The number of carbonyl (C=O) groups is 1. The minimum Gasteiger partial charge on any atom is -0.354 e. The standard InChI is InChI=1S/C8H14N4O3/c1-5(8(14-2)15-3)11-7(13)6-9-4-10-12-6/h4-5,8H,1-3H3,(H,11,13)(H,9,10,12). The molecule has 0 saturated heterocycles. The molecule has 0 aliphatic rings. The van der Waals surface area contributed by atoms with Crippen molar-refractivity contribution in [1.29, 1.82) is 0 Å². The zero-order valence-electron chi connectivity index (χ0n) is 8.85. The highest BCUT2D eigenvalue weighted by atomic mass is 16.7. The first-order valence-corrected chi connectivity index (χ1v) is 4.40. The second-order valence-electron chi connectivity index (χ2n) is 2.94. The summed E-state index contributed by atoms with van der Waals surface area (Å²) in [5.41, 5.74) is 0. The molecule has 0 radical (unpaired) electrons. The van der Waals surface area contributed by atoms with Crippen LogP contribution in [0, 0.1) is 0 Å². The number of nitrogens with one attached hydrogen (secondary N) is 2. The largest absolute Gasteiger partial charge is 0.354 e. The van der Waals surface area contributed by atoms with Crippen LogP contribution in [0.5, 0.6) is 0 Å². The summed E-state index contributed by atoms with van der Waals surface area (Å²) < 4.78 is 9.99. The van der Waals surface area contributed by atoms with Gasteiger partial charge in [0.2, 0.25) is 5.82 Å². The zero-order chi connectivity index (χ0) is 11.3. The van der Waals surface area contributed by atoms with Crippen LogP contribution in [0.4, 0.5) is 0 Å². The highest BCUT2D eigenvalue weighted by molar-refractivity contribution is 5.90. The van der Waals surface area contributed by atoms with Crippen molar-refractivity contribution in [3.05, 3.63) is 12.2 Å². The summed E-state index contributed by atoms with van der Waals surface area (Å²) >= 11 is 0. The van der Waals surface area contributed by atoms with E-state index in [1.165, 1.54) is 20.5 Å². The third-order valence-corrected chi connectivity index (χ3v) is 1.86. The van der Waals surface area contributed by atoms with Crippen LogP contribution in [0.25, 0.3) is 0 Å². The van der Waals surface area contributed by atoms with Crippen molar-refractivity contribution in [3.63, 3.8) is 0 Å². The molecule has 1 amide bonds. The minimum atomic E-state index is -0.489. The molecule has 0 aromatic carbocycles. The predicted molar refractivity (Wildman–Crippen MR) is 51.1 cm³/mol. The van der Waals surface area contributed by atoms with Crippen molar-refractivity contribution < 1.29 is 14.3 Å². The maximum absolute atomic E-state index is 11.5. The lowest BCUT2D eigenvalue weighted by molar-refractivity contribution is -0.117. The number of carbonyl (C=O) groups excluding carboxylic acids is 1. The van der Waals surface area contributed by atoms with Gasteiger partial charge in [-0.25, -0.2) is 4.98 Å². The summed E-state index contributed by atoms with van der Waals surface area (Å²) in [6, 6.07) is -0.280. The Balaban J connectivity index is 2.51. The van der Waals surface area contributed by atoms with Crippen molar-refractivity contribution in [2.75, 3.05) is 14.2 Å². The monoisotopic (exact) mass is 214 g/mol. The van der Waals surface area contributed by atoms with Crippen LogP contribution in [0.3, 0.4) is 0 Å². The molecule has 0 saturated carbocycles. The van der Waals surface area contributed by atoms with E-state index in [-0.39, 0.29) is 17.8 Å². The van der Waals surface area contributed by atoms with Gasteiger partial charge in [-0.05, 0) is 6.92 Å². The minimum absolute atomic E-state index is 0.160. The fourth-order valence-electron chi connectivity index (χ4n) is 1.16. The molecule has 1 unspecified atom stereocenters. The van der Waals surface area contributed by atoms with Crippen molar-refractivity contribution in [2.45, 2.75) is 19.3 Å². The van der Waals surface area contributed by atoms with Gasteiger partial charge in [0.05, 0.1) is 6.04 Å². The van der Waals surface area contributed by atoms with E-state index in [1.54, 1.807) is 6.92 Å². The van der Waals surface area contributed by atoms with E-state index >= 15 is 0 Å². The maximum atomic E-state index is 11.5. The fourth-order valence-corrected chi connectivity index (χ4v) is 1.16. The quantitative estimate of drug-likeness (QED) is 0.647. The summed E-state index contributed by atoms with van der Waals surface area (Å²) in [5.74, 6) is -0.188. The average Bonchev–Trinajstić information content (AvgIpc) is 2.72. The number of amides is 1. The molecule has 0 bridgehead atoms. The molecule has 0 aliphatic heterocycles. The van der Waals surface area contributed by atoms with Crippen LogP contribution in [0.2, 0.25) is 0 Å². The average molecular weight is 214 g/mol. The van der Waals surface area contributed by atoms with Crippen molar-refractivity contribution in [1.82, 2.24) is 20.5 Å². The fraction of sp³-hybridized carbons (Fsp3) is 0.625. The number of aromatic amines is 1. The maximum Gasteiger partial charge on any atom is 0.288 e. The van der Waals surface area contributed by atoms with E-state index in [0.717, 1.165) is 0 Å².